The molecule has 5 rings (SSSR count). The molecule has 1 N–H and O–H groups in total. The van der Waals surface area contributed by atoms with Gasteiger partial charge in [-0.25, -0.2) is 4.39 Å². The van der Waals surface area contributed by atoms with Gasteiger partial charge in [-0.2, -0.15) is 0 Å². The summed E-state index contributed by atoms with van der Waals surface area (Å²) in [5.74, 6) is 0.356. The van der Waals surface area contributed by atoms with Crippen molar-refractivity contribution in [1.29, 1.82) is 0 Å². The van der Waals surface area contributed by atoms with E-state index in [0.29, 0.717) is 5.03 Å². The maximum atomic E-state index is 13.5. The summed E-state index contributed by atoms with van der Waals surface area (Å²) in [7, 11) is 0. The van der Waals surface area contributed by atoms with Crippen LogP contribution in [0.25, 0.3) is 0 Å². The zero-order valence-electron chi connectivity index (χ0n) is 18.0. The van der Waals surface area contributed by atoms with Crippen LogP contribution >= 0.6 is 23.2 Å². The minimum atomic E-state index is -0.568. The Morgan fingerprint density at radius 1 is 1.38 bits per heavy atom. The lowest BCUT2D eigenvalue weighted by molar-refractivity contribution is -0.180. The second-order valence-corrected chi connectivity index (χ2v) is 9.80. The van der Waals surface area contributed by atoms with Crippen LogP contribution in [-0.2, 0) is 9.53 Å². The van der Waals surface area contributed by atoms with Crippen molar-refractivity contribution in [3.63, 3.8) is 0 Å². The fraction of sp³-hybridized carbons (Fsp3) is 0.458. The van der Waals surface area contributed by atoms with Gasteiger partial charge in [0.05, 0.1) is 10.8 Å². The lowest BCUT2D eigenvalue weighted by atomic mass is 9.43. The van der Waals surface area contributed by atoms with Crippen molar-refractivity contribution in [3.8, 4) is 5.75 Å². The van der Waals surface area contributed by atoms with Gasteiger partial charge < -0.3 is 14.8 Å². The molecule has 1 atom stereocenters. The number of allylic oxidation sites excluding steroid dienone is 5. The molecule has 32 heavy (non-hydrogen) atoms. The zero-order chi connectivity index (χ0) is 22.9. The monoisotopic (exact) mass is 480 g/mol. The second-order valence-electron chi connectivity index (χ2n) is 8.96. The molecule has 4 fully saturated rings. The minimum Gasteiger partial charge on any atom is -0.494 e. The molecule has 0 spiro atoms. The molecule has 2 bridgehead atoms. The van der Waals surface area contributed by atoms with Crippen LogP contribution in [0.4, 0.5) is 4.39 Å². The summed E-state index contributed by atoms with van der Waals surface area (Å²) < 4.78 is 24.9. The Balaban J connectivity index is 1.20. The molecule has 1 aromatic carbocycles. The highest BCUT2D eigenvalue weighted by Crippen LogP contribution is 2.64. The van der Waals surface area contributed by atoms with Crippen LogP contribution in [0.3, 0.4) is 0 Å². The SMILES string of the molecule is C=C/C(Cl)=C\C=C(/C)OC1CCN(C23CC(NC(=O)COc4ccc(Cl)c(F)c4)(C2)C3)C1. The molecule has 3 aliphatic carbocycles. The molecule has 1 amide bonds. The van der Waals surface area contributed by atoms with Gasteiger partial charge in [-0.05, 0) is 56.9 Å². The third kappa shape index (κ3) is 4.82. The molecule has 0 aromatic heterocycles. The topological polar surface area (TPSA) is 50.8 Å². The second kappa shape index (κ2) is 9.08. The molecule has 0 radical (unpaired) electrons. The summed E-state index contributed by atoms with van der Waals surface area (Å²) in [5, 5.41) is 3.70. The van der Waals surface area contributed by atoms with E-state index in [1.165, 1.54) is 12.1 Å². The van der Waals surface area contributed by atoms with Crippen molar-refractivity contribution in [2.45, 2.75) is 49.8 Å². The molecule has 1 aliphatic heterocycles. The molecule has 3 saturated carbocycles. The van der Waals surface area contributed by atoms with Crippen molar-refractivity contribution >= 4 is 29.1 Å². The Morgan fingerprint density at radius 3 is 2.81 bits per heavy atom. The number of halogens is 3. The normalized spacial score (nSPS) is 29.7. The largest absolute Gasteiger partial charge is 0.494 e. The van der Waals surface area contributed by atoms with E-state index in [2.05, 4.69) is 16.8 Å². The molecule has 4 aliphatic rings. The van der Waals surface area contributed by atoms with Gasteiger partial charge in [-0.15, -0.1) is 0 Å². The molecule has 8 heteroatoms. The van der Waals surface area contributed by atoms with Crippen molar-refractivity contribution in [2.75, 3.05) is 19.7 Å². The fourth-order valence-corrected chi connectivity index (χ4v) is 5.25. The number of hydrogen-bond acceptors (Lipinski definition) is 4. The number of carbonyl (C=O) groups is 1. The number of carbonyl (C=O) groups excluding carboxylic acids is 1. The van der Waals surface area contributed by atoms with Gasteiger partial charge in [0.25, 0.3) is 5.91 Å². The van der Waals surface area contributed by atoms with Gasteiger partial charge in [0, 0.05) is 35.3 Å². The van der Waals surface area contributed by atoms with Gasteiger partial charge in [-0.1, -0.05) is 35.9 Å². The van der Waals surface area contributed by atoms with Crippen LogP contribution in [0.2, 0.25) is 5.02 Å². The lowest BCUT2D eigenvalue weighted by Gasteiger charge is -2.73. The van der Waals surface area contributed by atoms with Crippen LogP contribution in [0.5, 0.6) is 5.75 Å². The minimum absolute atomic E-state index is 0.0237. The predicted octanol–water partition coefficient (Wildman–Crippen LogP) is 4.95. The average molecular weight is 481 g/mol. The number of benzene rings is 1. The van der Waals surface area contributed by atoms with Gasteiger partial charge in [0.1, 0.15) is 17.7 Å². The van der Waals surface area contributed by atoms with E-state index in [9.17, 15) is 9.18 Å². The van der Waals surface area contributed by atoms with E-state index in [4.69, 9.17) is 32.7 Å². The summed E-state index contributed by atoms with van der Waals surface area (Å²) in [4.78, 5) is 14.8. The third-order valence-corrected chi connectivity index (χ3v) is 7.10. The first-order valence-electron chi connectivity index (χ1n) is 10.7. The van der Waals surface area contributed by atoms with Crippen LogP contribution in [0, 0.1) is 5.82 Å². The molecule has 5 nitrogen and oxygen atoms in total. The fourth-order valence-electron chi connectivity index (χ4n) is 5.07. The van der Waals surface area contributed by atoms with Crippen LogP contribution < -0.4 is 10.1 Å². The lowest BCUT2D eigenvalue weighted by Crippen LogP contribution is -2.83. The first-order valence-corrected chi connectivity index (χ1v) is 11.5. The Kier molecular flexibility index (Phi) is 6.57. The van der Waals surface area contributed by atoms with Crippen molar-refractivity contribution in [1.82, 2.24) is 10.2 Å². The first kappa shape index (κ1) is 23.1. The number of nitrogens with one attached hydrogen (secondary N) is 1. The Labute approximate surface area is 197 Å². The summed E-state index contributed by atoms with van der Waals surface area (Å²) in [6.45, 7) is 7.29. The highest BCUT2D eigenvalue weighted by atomic mass is 35.5. The van der Waals surface area contributed by atoms with E-state index in [1.807, 2.05) is 13.0 Å². The average Bonchev–Trinajstić information content (AvgIpc) is 3.16. The quantitative estimate of drug-likeness (QED) is 0.401. The van der Waals surface area contributed by atoms with Crippen LogP contribution in [-0.4, -0.2) is 47.7 Å². The smallest absolute Gasteiger partial charge is 0.258 e. The Bertz CT molecular complexity index is 958. The molecule has 1 unspecified atom stereocenters. The molecular formula is C24H27Cl2FN2O3. The molecule has 1 heterocycles. The number of likely N-dealkylation sites (tertiary alicyclic amines) is 1. The van der Waals surface area contributed by atoms with Gasteiger partial charge in [-0.3, -0.25) is 9.69 Å². The summed E-state index contributed by atoms with van der Waals surface area (Å²) >= 11 is 11.6. The summed E-state index contributed by atoms with van der Waals surface area (Å²) in [6.07, 6.45) is 9.20. The summed E-state index contributed by atoms with van der Waals surface area (Å²) in [5.41, 5.74) is 0.0436. The van der Waals surface area contributed by atoms with E-state index >= 15 is 0 Å². The number of amides is 1. The maximum absolute atomic E-state index is 13.5. The summed E-state index contributed by atoms with van der Waals surface area (Å²) in [6, 6.07) is 4.13. The van der Waals surface area contributed by atoms with Gasteiger partial charge >= 0.3 is 0 Å². The highest BCUT2D eigenvalue weighted by Gasteiger charge is 2.71. The molecule has 1 aromatic rings. The Morgan fingerprint density at radius 2 is 2.12 bits per heavy atom. The number of ether oxygens (including phenoxy) is 2. The molecular weight excluding hydrogens is 454 g/mol. The first-order chi connectivity index (χ1) is 15.2. The Hall–Kier alpha value is -2.02. The van der Waals surface area contributed by atoms with Crippen molar-refractivity contribution in [2.24, 2.45) is 0 Å². The number of nitrogens with zero attached hydrogens (tertiary/aromatic N) is 1. The van der Waals surface area contributed by atoms with Crippen molar-refractivity contribution < 1.29 is 18.7 Å². The molecule has 172 valence electrons. The van der Waals surface area contributed by atoms with E-state index in [-0.39, 0.29) is 40.5 Å². The van der Waals surface area contributed by atoms with Crippen LogP contribution in [0.1, 0.15) is 32.6 Å². The van der Waals surface area contributed by atoms with Crippen molar-refractivity contribution in [3.05, 3.63) is 64.6 Å². The molecule has 1 saturated heterocycles. The van der Waals surface area contributed by atoms with Gasteiger partial charge in [0.15, 0.2) is 6.61 Å². The van der Waals surface area contributed by atoms with Crippen LogP contribution in [0.15, 0.2) is 53.8 Å². The van der Waals surface area contributed by atoms with E-state index < -0.39 is 5.82 Å². The van der Waals surface area contributed by atoms with Gasteiger partial charge in [0.2, 0.25) is 0 Å². The highest BCUT2D eigenvalue weighted by molar-refractivity contribution is 6.31. The standard InChI is InChI=1S/C24H27Cl2FN2O3/c1-3-17(25)5-4-16(2)32-19-8-9-29(11-19)24-13-23(14-24,15-24)28-22(30)12-31-18-6-7-20(26)21(27)10-18/h3-7,10,19H,1,8-9,11-15H2,2H3,(H,28,30)/b16-4+,17-5+. The van der Waals surface area contributed by atoms with E-state index in [1.54, 1.807) is 18.2 Å². The third-order valence-electron chi connectivity index (χ3n) is 6.51. The zero-order valence-corrected chi connectivity index (χ0v) is 19.5. The number of hydrogen-bond donors (Lipinski definition) is 1. The van der Waals surface area contributed by atoms with E-state index in [0.717, 1.165) is 44.5 Å². The predicted molar refractivity (Wildman–Crippen MR) is 123 cm³/mol. The maximum Gasteiger partial charge on any atom is 0.258 e. The number of rotatable bonds is 9.